The molecule has 10 nitrogen and oxygen atoms in total. The van der Waals surface area contributed by atoms with E-state index in [4.69, 9.17) is 9.57 Å². The molecule has 2 amide bonds. The summed E-state index contributed by atoms with van der Waals surface area (Å²) in [6.45, 7) is 1.45. The van der Waals surface area contributed by atoms with Crippen molar-refractivity contribution < 1.29 is 42.6 Å². The lowest BCUT2D eigenvalue weighted by Gasteiger charge is -2.25. The van der Waals surface area contributed by atoms with Crippen LogP contribution in [0, 0.1) is 17.0 Å². The first-order valence-electron chi connectivity index (χ1n) is 11.0. The second-order valence-electron chi connectivity index (χ2n) is 8.73. The molecule has 0 bridgehead atoms. The van der Waals surface area contributed by atoms with Crippen LogP contribution in [0.15, 0.2) is 12.1 Å². The van der Waals surface area contributed by atoms with Gasteiger partial charge in [0.25, 0.3) is 5.91 Å². The summed E-state index contributed by atoms with van der Waals surface area (Å²) in [5, 5.41) is 10.3. The number of Topliss-reactive ketones (excluding diaryl/α,β-unsaturated/α-hetero) is 1. The van der Waals surface area contributed by atoms with Gasteiger partial charge in [0.05, 0.1) is 25.4 Å². The van der Waals surface area contributed by atoms with E-state index in [1.807, 2.05) is 0 Å². The van der Waals surface area contributed by atoms with Crippen LogP contribution in [0.25, 0.3) is 0 Å². The van der Waals surface area contributed by atoms with E-state index in [0.29, 0.717) is 6.42 Å². The van der Waals surface area contributed by atoms with Crippen molar-refractivity contribution in [1.29, 1.82) is 0 Å². The maximum absolute atomic E-state index is 15.0. The van der Waals surface area contributed by atoms with Gasteiger partial charge in [-0.3, -0.25) is 19.3 Å². The van der Waals surface area contributed by atoms with Crippen molar-refractivity contribution in [2.24, 2.45) is 5.41 Å². The molecule has 1 aromatic carbocycles. The van der Waals surface area contributed by atoms with Gasteiger partial charge in [0.1, 0.15) is 23.0 Å². The van der Waals surface area contributed by atoms with Crippen LogP contribution in [0.5, 0.6) is 0 Å². The Morgan fingerprint density at radius 2 is 1.82 bits per heavy atom. The van der Waals surface area contributed by atoms with Crippen LogP contribution in [-0.2, 0) is 24.0 Å². The number of anilines is 2. The van der Waals surface area contributed by atoms with E-state index in [1.54, 1.807) is 0 Å². The number of cyclic esters (lactones) is 1. The van der Waals surface area contributed by atoms with Gasteiger partial charge in [-0.1, -0.05) is 0 Å². The molecule has 0 aromatic heterocycles. The molecule has 1 N–H and O–H groups in total. The molecular weight excluding hydrogens is 456 g/mol. The molecule has 34 heavy (non-hydrogen) atoms. The normalized spacial score (nSPS) is 21.8. The third-order valence-electron chi connectivity index (χ3n) is 6.30. The second kappa shape index (κ2) is 9.16. The molecule has 3 aliphatic rings. The number of amides is 2. The van der Waals surface area contributed by atoms with E-state index >= 15 is 8.78 Å². The van der Waals surface area contributed by atoms with E-state index in [-0.39, 0.29) is 69.2 Å². The zero-order chi connectivity index (χ0) is 24.6. The van der Waals surface area contributed by atoms with Gasteiger partial charge in [0.15, 0.2) is 11.6 Å². The number of nitrogens with zero attached hydrogens (tertiary/aromatic N) is 3. The minimum Gasteiger partial charge on any atom is -0.480 e. The van der Waals surface area contributed by atoms with Crippen LogP contribution in [-0.4, -0.2) is 72.8 Å². The summed E-state index contributed by atoms with van der Waals surface area (Å²) < 4.78 is 35.2. The van der Waals surface area contributed by atoms with Crippen LogP contribution in [0.3, 0.4) is 0 Å². The van der Waals surface area contributed by atoms with E-state index in [0.717, 1.165) is 22.1 Å². The van der Waals surface area contributed by atoms with Crippen molar-refractivity contribution in [2.75, 3.05) is 42.6 Å². The Kier molecular flexibility index (Phi) is 6.43. The molecule has 184 valence electrons. The van der Waals surface area contributed by atoms with Crippen molar-refractivity contribution in [2.45, 2.75) is 38.7 Å². The Morgan fingerprint density at radius 3 is 2.41 bits per heavy atom. The van der Waals surface area contributed by atoms with Crippen LogP contribution in [0.4, 0.5) is 25.0 Å². The molecule has 1 aromatic rings. The van der Waals surface area contributed by atoms with Crippen LogP contribution < -0.4 is 9.80 Å². The van der Waals surface area contributed by atoms with Crippen molar-refractivity contribution in [3.8, 4) is 0 Å². The molecule has 0 unspecified atom stereocenters. The molecule has 2 heterocycles. The number of halogens is 2. The molecule has 4 rings (SSSR count). The first-order chi connectivity index (χ1) is 16.1. The van der Waals surface area contributed by atoms with Crippen molar-refractivity contribution in [1.82, 2.24) is 5.06 Å². The molecule has 3 fully saturated rings. The molecule has 0 spiro atoms. The van der Waals surface area contributed by atoms with Gasteiger partial charge in [-0.15, -0.1) is 0 Å². The Labute approximate surface area is 193 Å². The van der Waals surface area contributed by atoms with E-state index < -0.39 is 41.1 Å². The number of aliphatic carboxylic acids is 1. The average molecular weight is 481 g/mol. The molecule has 2 aliphatic heterocycles. The zero-order valence-corrected chi connectivity index (χ0v) is 18.6. The number of ketones is 1. The highest BCUT2D eigenvalue weighted by Gasteiger charge is 2.59. The quantitative estimate of drug-likeness (QED) is 0.589. The lowest BCUT2D eigenvalue weighted by Crippen LogP contribution is -2.42. The third-order valence-corrected chi connectivity index (χ3v) is 6.30. The number of benzene rings is 1. The zero-order valence-electron chi connectivity index (χ0n) is 18.6. The molecule has 12 heteroatoms. The largest absolute Gasteiger partial charge is 0.480 e. The van der Waals surface area contributed by atoms with Crippen molar-refractivity contribution in [3.05, 3.63) is 23.8 Å². The fraction of sp³-hybridized carbons (Fsp3) is 0.545. The highest BCUT2D eigenvalue weighted by atomic mass is 19.1. The highest BCUT2D eigenvalue weighted by Crippen LogP contribution is 2.47. The summed E-state index contributed by atoms with van der Waals surface area (Å²) >= 11 is 0. The fourth-order valence-electron chi connectivity index (χ4n) is 4.17. The predicted molar refractivity (Wildman–Crippen MR) is 113 cm³/mol. The maximum Gasteiger partial charge on any atom is 0.414 e. The number of hydrogen-bond acceptors (Lipinski definition) is 7. The highest BCUT2D eigenvalue weighted by molar-refractivity contribution is 6.04. The lowest BCUT2D eigenvalue weighted by molar-refractivity contribution is -0.191. The first-order valence-corrected chi connectivity index (χ1v) is 11.0. The van der Waals surface area contributed by atoms with Gasteiger partial charge in [-0.25, -0.2) is 18.6 Å². The Balaban J connectivity index is 1.45. The minimum absolute atomic E-state index is 0.00548. The predicted octanol–water partition coefficient (Wildman–Crippen LogP) is 2.10. The van der Waals surface area contributed by atoms with Gasteiger partial charge in [0, 0.05) is 31.6 Å². The second-order valence-corrected chi connectivity index (χ2v) is 8.73. The maximum atomic E-state index is 15.0. The molecule has 1 saturated carbocycles. The number of carbonyl (C=O) groups is 4. The molecule has 1 atom stereocenters. The van der Waals surface area contributed by atoms with Crippen molar-refractivity contribution in [3.63, 3.8) is 0 Å². The number of hydrogen-bond donors (Lipinski definition) is 1. The standard InChI is InChI=1S/C22H25F2N3O7/c1-13(28)2-3-15-12-26(21(32)34-15)14-10-16(23)18(17(24)11-14)25-6-7-27(33-9-8-25)19(29)22(4-5-22)20(30)31/h10-11,15H,2-9,12H2,1H3,(H,30,31)/t15-/m0/s1. The Morgan fingerprint density at radius 1 is 1.15 bits per heavy atom. The first kappa shape index (κ1) is 23.9. The number of carbonyl (C=O) groups excluding carboxylic acids is 3. The van der Waals surface area contributed by atoms with Crippen LogP contribution in [0.2, 0.25) is 0 Å². The number of hydroxylamine groups is 2. The molecule has 0 radical (unpaired) electrons. The third kappa shape index (κ3) is 4.54. The molecular formula is C22H25F2N3O7. The summed E-state index contributed by atoms with van der Waals surface area (Å²) in [5.41, 5.74) is -1.81. The van der Waals surface area contributed by atoms with E-state index in [9.17, 15) is 24.3 Å². The SMILES string of the molecule is CC(=O)CC[C@H]1CN(c2cc(F)c(N3CCON(C(=O)C4(C(=O)O)CC4)CC3)c(F)c2)C(=O)O1. The number of ether oxygens (including phenoxy) is 1. The van der Waals surface area contributed by atoms with E-state index in [1.165, 1.54) is 11.8 Å². The van der Waals surface area contributed by atoms with Gasteiger partial charge >= 0.3 is 12.1 Å². The molecule has 1 aliphatic carbocycles. The average Bonchev–Trinajstić information content (AvgIpc) is 3.54. The summed E-state index contributed by atoms with van der Waals surface area (Å²) in [6.07, 6.45) is -0.280. The minimum atomic E-state index is -1.47. The summed E-state index contributed by atoms with van der Waals surface area (Å²) in [6, 6.07) is 2.07. The van der Waals surface area contributed by atoms with Crippen LogP contribution >= 0.6 is 0 Å². The number of carboxylic acids is 1. The topological polar surface area (TPSA) is 117 Å². The van der Waals surface area contributed by atoms with Crippen LogP contribution in [0.1, 0.15) is 32.6 Å². The monoisotopic (exact) mass is 481 g/mol. The smallest absolute Gasteiger partial charge is 0.414 e. The Bertz CT molecular complexity index is 1010. The fourth-order valence-corrected chi connectivity index (χ4v) is 4.17. The van der Waals surface area contributed by atoms with E-state index in [2.05, 4.69) is 0 Å². The lowest BCUT2D eigenvalue weighted by atomic mass is 10.1. The number of rotatable bonds is 7. The van der Waals surface area contributed by atoms with Gasteiger partial charge in [-0.2, -0.15) is 0 Å². The van der Waals surface area contributed by atoms with Gasteiger partial charge in [0.2, 0.25) is 0 Å². The van der Waals surface area contributed by atoms with Crippen molar-refractivity contribution >= 4 is 35.1 Å². The summed E-state index contributed by atoms with van der Waals surface area (Å²) in [5.74, 6) is -3.73. The summed E-state index contributed by atoms with van der Waals surface area (Å²) in [7, 11) is 0. The number of carboxylic acid groups (broad SMARTS) is 1. The van der Waals surface area contributed by atoms with Gasteiger partial charge in [-0.05, 0) is 26.2 Å². The molecule has 2 saturated heterocycles. The van der Waals surface area contributed by atoms with Gasteiger partial charge < -0.3 is 19.5 Å². The Hall–Kier alpha value is -3.28. The summed E-state index contributed by atoms with van der Waals surface area (Å²) in [4.78, 5) is 55.2.